The van der Waals surface area contributed by atoms with E-state index in [1.54, 1.807) is 45.0 Å². The van der Waals surface area contributed by atoms with Gasteiger partial charge in [-0.1, -0.05) is 38.1 Å². The average molecular weight is 519 g/mol. The minimum absolute atomic E-state index is 0.103. The van der Waals surface area contributed by atoms with E-state index in [4.69, 9.17) is 9.47 Å². The van der Waals surface area contributed by atoms with Gasteiger partial charge in [-0.25, -0.2) is 13.2 Å². The fourth-order valence-corrected chi connectivity index (χ4v) is 5.25. The van der Waals surface area contributed by atoms with Crippen LogP contribution in [-0.2, 0) is 21.2 Å². The predicted octanol–water partition coefficient (Wildman–Crippen LogP) is 4.68. The highest BCUT2D eigenvalue weighted by Crippen LogP contribution is 2.21. The van der Waals surface area contributed by atoms with Crippen LogP contribution in [-0.4, -0.2) is 56.9 Å². The molecule has 0 fully saturated rings. The Hall–Kier alpha value is -2.91. The molecule has 0 radical (unpaired) electrons. The van der Waals surface area contributed by atoms with Gasteiger partial charge in [0.25, 0.3) is 0 Å². The van der Waals surface area contributed by atoms with E-state index >= 15 is 0 Å². The van der Waals surface area contributed by atoms with Crippen molar-refractivity contribution in [2.24, 2.45) is 5.92 Å². The lowest BCUT2D eigenvalue weighted by molar-refractivity contribution is 0.0500. The lowest BCUT2D eigenvalue weighted by atomic mass is 10.0. The molecule has 36 heavy (non-hydrogen) atoms. The molecule has 0 aliphatic rings. The number of hydrogen-bond donors (Lipinski definition) is 1. The molecule has 198 valence electrons. The quantitative estimate of drug-likeness (QED) is 0.409. The monoisotopic (exact) mass is 518 g/mol. The Kier molecular flexibility index (Phi) is 10.5. The summed E-state index contributed by atoms with van der Waals surface area (Å²) in [5.41, 5.74) is 0.806. The van der Waals surface area contributed by atoms with E-state index in [1.807, 2.05) is 26.0 Å². The van der Waals surface area contributed by atoms with Gasteiger partial charge in [-0.3, -0.25) is 4.79 Å². The summed E-state index contributed by atoms with van der Waals surface area (Å²) in [5.74, 6) is 0.678. The van der Waals surface area contributed by atoms with E-state index in [9.17, 15) is 18.0 Å². The molecule has 8 nitrogen and oxygen atoms in total. The van der Waals surface area contributed by atoms with Gasteiger partial charge in [-0.15, -0.1) is 0 Å². The van der Waals surface area contributed by atoms with Crippen LogP contribution < -0.4 is 10.1 Å². The van der Waals surface area contributed by atoms with E-state index in [1.165, 1.54) is 23.5 Å². The number of sulfonamides is 1. The van der Waals surface area contributed by atoms with Crippen LogP contribution in [0.2, 0.25) is 0 Å². The number of aldehydes is 1. The molecule has 1 N–H and O–H groups in total. The molecule has 0 unspecified atom stereocenters. The Bertz CT molecular complexity index is 1090. The number of alkyl carbamates (subject to hydrolysis) is 1. The third-order valence-corrected chi connectivity index (χ3v) is 7.19. The maximum atomic E-state index is 13.5. The third kappa shape index (κ3) is 9.28. The van der Waals surface area contributed by atoms with Gasteiger partial charge in [0.2, 0.25) is 10.0 Å². The number of nitrogens with zero attached hydrogens (tertiary/aromatic N) is 1. The highest BCUT2D eigenvalue weighted by atomic mass is 32.2. The number of ether oxygens (including phenoxy) is 2. The van der Waals surface area contributed by atoms with Gasteiger partial charge >= 0.3 is 6.09 Å². The molecular formula is C27H38N2O6S. The second-order valence-electron chi connectivity index (χ2n) is 10.1. The van der Waals surface area contributed by atoms with Crippen LogP contribution in [0.4, 0.5) is 4.79 Å². The Morgan fingerprint density at radius 1 is 1.06 bits per heavy atom. The molecule has 0 aliphatic heterocycles. The SMILES string of the molecule is COc1ccc(S(=O)(=O)N(CC[C@H](Cc2ccc(C=O)cc2)NC(=O)OC(C)(C)C)CC(C)C)cc1. The van der Waals surface area contributed by atoms with E-state index < -0.39 is 21.7 Å². The summed E-state index contributed by atoms with van der Waals surface area (Å²) in [7, 11) is -2.23. The van der Waals surface area contributed by atoms with Crippen molar-refractivity contribution in [2.75, 3.05) is 20.2 Å². The largest absolute Gasteiger partial charge is 0.497 e. The lowest BCUT2D eigenvalue weighted by Crippen LogP contribution is -2.43. The van der Waals surface area contributed by atoms with Gasteiger partial charge < -0.3 is 14.8 Å². The molecule has 0 aromatic heterocycles. The zero-order valence-electron chi connectivity index (χ0n) is 22.0. The first-order valence-corrected chi connectivity index (χ1v) is 13.5. The van der Waals surface area contributed by atoms with Crippen molar-refractivity contribution in [1.82, 2.24) is 9.62 Å². The van der Waals surface area contributed by atoms with E-state index in [0.717, 1.165) is 11.8 Å². The Morgan fingerprint density at radius 2 is 1.67 bits per heavy atom. The molecule has 1 atom stereocenters. The number of carbonyl (C=O) groups is 2. The smallest absolute Gasteiger partial charge is 0.407 e. The molecule has 0 saturated heterocycles. The Labute approximate surface area is 215 Å². The van der Waals surface area contributed by atoms with Gasteiger partial charge in [0.05, 0.1) is 12.0 Å². The highest BCUT2D eigenvalue weighted by Gasteiger charge is 2.27. The first kappa shape index (κ1) is 29.3. The van der Waals surface area contributed by atoms with Crippen molar-refractivity contribution < 1.29 is 27.5 Å². The number of benzene rings is 2. The van der Waals surface area contributed by atoms with Gasteiger partial charge in [0, 0.05) is 24.7 Å². The van der Waals surface area contributed by atoms with Crippen molar-refractivity contribution in [3.8, 4) is 5.75 Å². The summed E-state index contributed by atoms with van der Waals surface area (Å²) in [6.07, 6.45) is 1.03. The van der Waals surface area contributed by atoms with Crippen LogP contribution in [0.1, 0.15) is 57.0 Å². The highest BCUT2D eigenvalue weighted by molar-refractivity contribution is 7.89. The van der Waals surface area contributed by atoms with Crippen LogP contribution in [0.3, 0.4) is 0 Å². The normalized spacial score (nSPS) is 12.9. The van der Waals surface area contributed by atoms with Gasteiger partial charge in [-0.2, -0.15) is 4.31 Å². The van der Waals surface area contributed by atoms with Crippen molar-refractivity contribution in [2.45, 2.75) is 64.0 Å². The Balaban J connectivity index is 2.25. The second-order valence-corrected chi connectivity index (χ2v) is 12.1. The fourth-order valence-electron chi connectivity index (χ4n) is 3.63. The van der Waals surface area contributed by atoms with Crippen molar-refractivity contribution >= 4 is 22.4 Å². The first-order chi connectivity index (χ1) is 16.8. The number of rotatable bonds is 12. The topological polar surface area (TPSA) is 102 Å². The zero-order valence-corrected chi connectivity index (χ0v) is 22.8. The van der Waals surface area contributed by atoms with Gasteiger partial charge in [0.15, 0.2) is 0 Å². The van der Waals surface area contributed by atoms with Crippen LogP contribution in [0.15, 0.2) is 53.4 Å². The first-order valence-electron chi connectivity index (χ1n) is 12.0. The average Bonchev–Trinajstić information content (AvgIpc) is 2.80. The standard InChI is InChI=1S/C27H38N2O6S/c1-20(2)18-29(36(32,33)25-13-11-24(34-6)12-14-25)16-15-23(28-26(31)35-27(3,4)5)17-21-7-9-22(19-30)10-8-21/h7-14,19-20,23H,15-18H2,1-6H3,(H,28,31)/t23-/m1/s1. The summed E-state index contributed by atoms with van der Waals surface area (Å²) < 4.78 is 39.0. The molecule has 2 rings (SSSR count). The number of carbonyl (C=O) groups excluding carboxylic acids is 2. The molecule has 0 saturated carbocycles. The summed E-state index contributed by atoms with van der Waals surface area (Å²) in [5, 5.41) is 2.90. The van der Waals surface area contributed by atoms with E-state index in [2.05, 4.69) is 5.32 Å². The Morgan fingerprint density at radius 3 is 2.17 bits per heavy atom. The van der Waals surface area contributed by atoms with E-state index in [-0.39, 0.29) is 23.4 Å². The predicted molar refractivity (Wildman–Crippen MR) is 140 cm³/mol. The lowest BCUT2D eigenvalue weighted by Gasteiger charge is -2.28. The number of amides is 1. The summed E-state index contributed by atoms with van der Waals surface area (Å²) in [6, 6.07) is 13.0. The molecule has 0 spiro atoms. The number of hydrogen-bond acceptors (Lipinski definition) is 6. The number of nitrogens with one attached hydrogen (secondary N) is 1. The second kappa shape index (κ2) is 12.9. The molecule has 9 heteroatoms. The van der Waals surface area contributed by atoms with Crippen LogP contribution in [0.5, 0.6) is 5.75 Å². The maximum absolute atomic E-state index is 13.5. The minimum Gasteiger partial charge on any atom is -0.497 e. The molecule has 0 bridgehead atoms. The van der Waals surface area contributed by atoms with Crippen LogP contribution >= 0.6 is 0 Å². The minimum atomic E-state index is -3.76. The molecule has 2 aromatic rings. The molecular weight excluding hydrogens is 480 g/mol. The van der Waals surface area contributed by atoms with Gasteiger partial charge in [-0.05, 0) is 69.4 Å². The maximum Gasteiger partial charge on any atom is 0.407 e. The van der Waals surface area contributed by atoms with Crippen molar-refractivity contribution in [1.29, 1.82) is 0 Å². The van der Waals surface area contributed by atoms with Crippen LogP contribution in [0, 0.1) is 5.92 Å². The zero-order chi connectivity index (χ0) is 26.9. The molecule has 0 heterocycles. The summed E-state index contributed by atoms with van der Waals surface area (Å²) in [4.78, 5) is 23.7. The molecule has 0 aliphatic carbocycles. The third-order valence-electron chi connectivity index (χ3n) is 5.31. The summed E-state index contributed by atoms with van der Waals surface area (Å²) in [6.45, 7) is 9.81. The van der Waals surface area contributed by atoms with Crippen molar-refractivity contribution in [3.63, 3.8) is 0 Å². The van der Waals surface area contributed by atoms with Gasteiger partial charge in [0.1, 0.15) is 17.6 Å². The number of methoxy groups -OCH3 is 1. The molecule has 2 aromatic carbocycles. The van der Waals surface area contributed by atoms with Crippen molar-refractivity contribution in [3.05, 3.63) is 59.7 Å². The van der Waals surface area contributed by atoms with E-state index in [0.29, 0.717) is 30.7 Å². The van der Waals surface area contributed by atoms with Crippen LogP contribution in [0.25, 0.3) is 0 Å². The summed E-state index contributed by atoms with van der Waals surface area (Å²) >= 11 is 0. The molecule has 1 amide bonds. The fraction of sp³-hybridized carbons (Fsp3) is 0.481.